The van der Waals surface area contributed by atoms with Crippen LogP contribution in [0, 0.1) is 19.7 Å². The van der Waals surface area contributed by atoms with E-state index in [0.29, 0.717) is 17.1 Å². The summed E-state index contributed by atoms with van der Waals surface area (Å²) in [5.41, 5.74) is 8.24. The number of pyridine rings is 1. The van der Waals surface area contributed by atoms with Gasteiger partial charge in [0.2, 0.25) is 0 Å². The first-order valence-corrected chi connectivity index (χ1v) is 6.19. The van der Waals surface area contributed by atoms with Gasteiger partial charge >= 0.3 is 0 Å². The maximum atomic E-state index is 13.8. The zero-order chi connectivity index (χ0) is 14.0. The molecule has 1 heterocycles. The first-order chi connectivity index (χ1) is 8.97. The molecule has 0 aliphatic carbocycles. The molecule has 2 aromatic rings. The number of nitrogens with two attached hydrogens (primary N) is 1. The highest BCUT2D eigenvalue weighted by atomic mass is 32.1. The lowest BCUT2D eigenvalue weighted by Gasteiger charge is -2.12. The number of nitrogens with zero attached hydrogens (tertiary/aromatic N) is 1. The highest BCUT2D eigenvalue weighted by Gasteiger charge is 2.10. The van der Waals surface area contributed by atoms with E-state index in [1.54, 1.807) is 12.1 Å². The lowest BCUT2D eigenvalue weighted by Crippen LogP contribution is -2.13. The number of thiocarbonyl (C=S) groups is 1. The average molecular weight is 275 g/mol. The molecule has 0 spiro atoms. The van der Waals surface area contributed by atoms with Crippen LogP contribution in [0.5, 0.6) is 0 Å². The minimum atomic E-state index is -0.336. The Balaban J connectivity index is 2.42. The van der Waals surface area contributed by atoms with Crippen molar-refractivity contribution < 1.29 is 4.39 Å². The fourth-order valence-corrected chi connectivity index (χ4v) is 1.86. The third-order valence-electron chi connectivity index (χ3n) is 2.68. The largest absolute Gasteiger partial charge is 0.389 e. The van der Waals surface area contributed by atoms with E-state index in [-0.39, 0.29) is 10.8 Å². The number of benzene rings is 1. The van der Waals surface area contributed by atoms with E-state index in [9.17, 15) is 4.39 Å². The van der Waals surface area contributed by atoms with Crippen molar-refractivity contribution in [1.82, 2.24) is 4.98 Å². The van der Waals surface area contributed by atoms with Crippen LogP contribution in [-0.2, 0) is 0 Å². The highest BCUT2D eigenvalue weighted by molar-refractivity contribution is 7.80. The summed E-state index contributed by atoms with van der Waals surface area (Å²) < 4.78 is 13.8. The fourth-order valence-electron chi connectivity index (χ4n) is 1.70. The average Bonchev–Trinajstić information content (AvgIpc) is 2.32. The van der Waals surface area contributed by atoms with Crippen LogP contribution in [0.4, 0.5) is 15.9 Å². The molecule has 19 heavy (non-hydrogen) atoms. The number of rotatable bonds is 3. The molecule has 1 aromatic carbocycles. The summed E-state index contributed by atoms with van der Waals surface area (Å²) in [5, 5.41) is 2.94. The van der Waals surface area contributed by atoms with Crippen molar-refractivity contribution in [3.8, 4) is 0 Å². The van der Waals surface area contributed by atoms with Crippen molar-refractivity contribution in [3.05, 3.63) is 53.0 Å². The number of aromatic nitrogens is 1. The summed E-state index contributed by atoms with van der Waals surface area (Å²) in [7, 11) is 0. The van der Waals surface area contributed by atoms with Gasteiger partial charge in [-0.2, -0.15) is 0 Å². The normalized spacial score (nSPS) is 10.3. The van der Waals surface area contributed by atoms with E-state index in [2.05, 4.69) is 10.3 Å². The molecule has 0 unspecified atom stereocenters. The smallest absolute Gasteiger partial charge is 0.146 e. The Bertz CT molecular complexity index is 641. The lowest BCUT2D eigenvalue weighted by molar-refractivity contribution is 0.630. The molecule has 0 atom stereocenters. The third kappa shape index (κ3) is 3.06. The molecule has 98 valence electrons. The van der Waals surface area contributed by atoms with E-state index < -0.39 is 0 Å². The van der Waals surface area contributed by atoms with Gasteiger partial charge in [0, 0.05) is 5.69 Å². The molecule has 1 aromatic heterocycles. The van der Waals surface area contributed by atoms with Crippen molar-refractivity contribution in [2.45, 2.75) is 13.8 Å². The number of anilines is 2. The SMILES string of the molecule is Cc1ccc(Nc2nc(C)ccc2C(N)=S)c(F)c1. The van der Waals surface area contributed by atoms with E-state index in [0.717, 1.165) is 11.3 Å². The fraction of sp³-hybridized carbons (Fsp3) is 0.143. The van der Waals surface area contributed by atoms with Gasteiger partial charge in [0.25, 0.3) is 0 Å². The molecule has 0 radical (unpaired) electrons. The summed E-state index contributed by atoms with van der Waals surface area (Å²) in [6.45, 7) is 3.68. The van der Waals surface area contributed by atoms with E-state index in [4.69, 9.17) is 18.0 Å². The predicted molar refractivity (Wildman–Crippen MR) is 79.3 cm³/mol. The summed E-state index contributed by atoms with van der Waals surface area (Å²) in [6.07, 6.45) is 0. The Morgan fingerprint density at radius 3 is 2.63 bits per heavy atom. The van der Waals surface area contributed by atoms with Gasteiger partial charge in [-0.05, 0) is 43.7 Å². The van der Waals surface area contributed by atoms with Gasteiger partial charge in [-0.15, -0.1) is 0 Å². The second-order valence-corrected chi connectivity index (χ2v) is 4.76. The molecule has 0 bridgehead atoms. The van der Waals surface area contributed by atoms with Gasteiger partial charge in [-0.25, -0.2) is 9.37 Å². The van der Waals surface area contributed by atoms with E-state index in [1.165, 1.54) is 6.07 Å². The van der Waals surface area contributed by atoms with Gasteiger partial charge in [-0.3, -0.25) is 0 Å². The Morgan fingerprint density at radius 1 is 1.26 bits per heavy atom. The Labute approximate surface area is 116 Å². The van der Waals surface area contributed by atoms with Gasteiger partial charge in [0.1, 0.15) is 16.6 Å². The molecule has 0 aliphatic rings. The molecule has 5 heteroatoms. The molecule has 0 saturated carbocycles. The molecule has 0 fully saturated rings. The molecule has 3 N–H and O–H groups in total. The molecular weight excluding hydrogens is 261 g/mol. The van der Waals surface area contributed by atoms with Gasteiger partial charge in [-0.1, -0.05) is 18.3 Å². The van der Waals surface area contributed by atoms with Gasteiger partial charge < -0.3 is 11.1 Å². The van der Waals surface area contributed by atoms with Crippen LogP contribution < -0.4 is 11.1 Å². The van der Waals surface area contributed by atoms with Crippen LogP contribution in [0.1, 0.15) is 16.8 Å². The van der Waals surface area contributed by atoms with Crippen LogP contribution in [0.15, 0.2) is 30.3 Å². The predicted octanol–water partition coefficient (Wildman–Crippen LogP) is 3.22. The van der Waals surface area contributed by atoms with Crippen molar-refractivity contribution in [3.63, 3.8) is 0 Å². The molecule has 0 aliphatic heterocycles. The number of aryl methyl sites for hydroxylation is 2. The van der Waals surface area contributed by atoms with E-state index >= 15 is 0 Å². The first-order valence-electron chi connectivity index (χ1n) is 5.78. The topological polar surface area (TPSA) is 50.9 Å². The Morgan fingerprint density at radius 2 is 2.00 bits per heavy atom. The zero-order valence-electron chi connectivity index (χ0n) is 10.7. The second-order valence-electron chi connectivity index (χ2n) is 4.32. The van der Waals surface area contributed by atoms with E-state index in [1.807, 2.05) is 26.0 Å². The van der Waals surface area contributed by atoms with Gasteiger partial charge in [0.15, 0.2) is 0 Å². The van der Waals surface area contributed by atoms with Crippen LogP contribution in [0.25, 0.3) is 0 Å². The molecule has 0 amide bonds. The minimum Gasteiger partial charge on any atom is -0.389 e. The number of hydrogen-bond donors (Lipinski definition) is 2. The maximum absolute atomic E-state index is 13.8. The quantitative estimate of drug-likeness (QED) is 0.845. The zero-order valence-corrected chi connectivity index (χ0v) is 11.5. The van der Waals surface area contributed by atoms with Crippen molar-refractivity contribution >= 4 is 28.7 Å². The van der Waals surface area contributed by atoms with Crippen LogP contribution >= 0.6 is 12.2 Å². The van der Waals surface area contributed by atoms with Gasteiger partial charge in [0.05, 0.1) is 11.3 Å². The van der Waals surface area contributed by atoms with Crippen LogP contribution in [-0.4, -0.2) is 9.97 Å². The molecular formula is C14H14FN3S. The Kier molecular flexibility index (Phi) is 3.76. The minimum absolute atomic E-state index is 0.225. The number of halogens is 1. The van der Waals surface area contributed by atoms with Crippen molar-refractivity contribution in [1.29, 1.82) is 0 Å². The van der Waals surface area contributed by atoms with Crippen molar-refractivity contribution in [2.24, 2.45) is 5.73 Å². The summed E-state index contributed by atoms with van der Waals surface area (Å²) in [5.74, 6) is 0.132. The maximum Gasteiger partial charge on any atom is 0.146 e. The molecule has 2 rings (SSSR count). The summed E-state index contributed by atoms with van der Waals surface area (Å²) >= 11 is 4.97. The highest BCUT2D eigenvalue weighted by Crippen LogP contribution is 2.22. The summed E-state index contributed by atoms with van der Waals surface area (Å²) in [6, 6.07) is 8.53. The van der Waals surface area contributed by atoms with Crippen molar-refractivity contribution in [2.75, 3.05) is 5.32 Å². The first kappa shape index (κ1) is 13.4. The lowest BCUT2D eigenvalue weighted by atomic mass is 10.2. The van der Waals surface area contributed by atoms with Crippen LogP contribution in [0.3, 0.4) is 0 Å². The standard InChI is InChI=1S/C14H14FN3S/c1-8-3-6-12(11(15)7-8)18-14-10(13(16)19)5-4-9(2)17-14/h3-7H,1-2H3,(H2,16,19)(H,17,18). The number of hydrogen-bond acceptors (Lipinski definition) is 3. The van der Waals surface area contributed by atoms with Crippen LogP contribution in [0.2, 0.25) is 0 Å². The Hall–Kier alpha value is -2.01. The number of nitrogens with one attached hydrogen (secondary N) is 1. The summed E-state index contributed by atoms with van der Waals surface area (Å²) in [4.78, 5) is 4.53. The third-order valence-corrected chi connectivity index (χ3v) is 2.90. The molecule has 3 nitrogen and oxygen atoms in total. The molecule has 0 saturated heterocycles. The monoisotopic (exact) mass is 275 g/mol. The second kappa shape index (κ2) is 5.32.